The fourth-order valence-corrected chi connectivity index (χ4v) is 2.38. The second kappa shape index (κ2) is 5.83. The van der Waals surface area contributed by atoms with E-state index in [4.69, 9.17) is 0 Å². The van der Waals surface area contributed by atoms with Gasteiger partial charge in [-0.05, 0) is 18.9 Å². The molecule has 0 radical (unpaired) electrons. The number of halogens is 3. The van der Waals surface area contributed by atoms with Gasteiger partial charge in [0.15, 0.2) is 0 Å². The molecular weight excluding hydrogens is 269 g/mol. The minimum Gasteiger partial charge on any atom is -0.322 e. The van der Waals surface area contributed by atoms with Crippen molar-refractivity contribution >= 4 is 5.91 Å². The van der Waals surface area contributed by atoms with Crippen LogP contribution in [0.15, 0.2) is 24.3 Å². The molecule has 0 aromatic heterocycles. The Bertz CT molecular complexity index is 488. The summed E-state index contributed by atoms with van der Waals surface area (Å²) in [7, 11) is 0. The van der Waals surface area contributed by atoms with Crippen LogP contribution >= 0.6 is 0 Å². The van der Waals surface area contributed by atoms with Crippen molar-refractivity contribution in [1.82, 2.24) is 10.2 Å². The molecule has 1 fully saturated rings. The molecule has 1 saturated heterocycles. The Balaban J connectivity index is 2.03. The molecule has 1 aliphatic heterocycles. The molecule has 3 nitrogen and oxygen atoms in total. The van der Waals surface area contributed by atoms with Crippen LogP contribution in [0.1, 0.15) is 30.1 Å². The van der Waals surface area contributed by atoms with E-state index in [1.807, 2.05) is 31.2 Å². The Hall–Kier alpha value is -1.56. The Morgan fingerprint density at radius 3 is 2.80 bits per heavy atom. The monoisotopic (exact) mass is 286 g/mol. The van der Waals surface area contributed by atoms with Crippen LogP contribution in [0.2, 0.25) is 0 Å². The first-order valence-corrected chi connectivity index (χ1v) is 6.53. The number of alkyl halides is 3. The lowest BCUT2D eigenvalue weighted by atomic mass is 10.1. The van der Waals surface area contributed by atoms with E-state index in [2.05, 4.69) is 5.32 Å². The molecule has 0 spiro atoms. The minimum atomic E-state index is -4.17. The van der Waals surface area contributed by atoms with Gasteiger partial charge in [-0.15, -0.1) is 0 Å². The van der Waals surface area contributed by atoms with E-state index in [9.17, 15) is 18.0 Å². The lowest BCUT2D eigenvalue weighted by Crippen LogP contribution is -2.31. The maximum atomic E-state index is 12.2. The van der Waals surface area contributed by atoms with Crippen LogP contribution in [-0.4, -0.2) is 30.1 Å². The summed E-state index contributed by atoms with van der Waals surface area (Å²) >= 11 is 0. The van der Waals surface area contributed by atoms with Gasteiger partial charge in [0.2, 0.25) is 5.91 Å². The molecular formula is C14H17F3N2O. The van der Waals surface area contributed by atoms with Gasteiger partial charge in [0.1, 0.15) is 6.17 Å². The van der Waals surface area contributed by atoms with Crippen LogP contribution in [0.4, 0.5) is 13.2 Å². The van der Waals surface area contributed by atoms with Crippen LogP contribution in [0.25, 0.3) is 0 Å². The zero-order chi connectivity index (χ0) is 14.8. The number of carbonyl (C=O) groups is 1. The van der Waals surface area contributed by atoms with Crippen molar-refractivity contribution in [3.8, 4) is 0 Å². The molecule has 1 aromatic rings. The van der Waals surface area contributed by atoms with Crippen molar-refractivity contribution < 1.29 is 18.0 Å². The van der Waals surface area contributed by atoms with Crippen molar-refractivity contribution in [3.05, 3.63) is 35.4 Å². The van der Waals surface area contributed by atoms with E-state index >= 15 is 0 Å². The van der Waals surface area contributed by atoms with Gasteiger partial charge in [0.25, 0.3) is 0 Å². The topological polar surface area (TPSA) is 32.3 Å². The van der Waals surface area contributed by atoms with Crippen molar-refractivity contribution in [2.45, 2.75) is 32.1 Å². The number of hydrogen-bond acceptors (Lipinski definition) is 2. The van der Waals surface area contributed by atoms with E-state index in [1.54, 1.807) is 0 Å². The summed E-state index contributed by atoms with van der Waals surface area (Å²) in [5.41, 5.74) is 1.96. The molecule has 2 rings (SSSR count). The summed E-state index contributed by atoms with van der Waals surface area (Å²) in [6, 6.07) is 7.63. The molecule has 0 aliphatic carbocycles. The van der Waals surface area contributed by atoms with E-state index in [-0.39, 0.29) is 31.6 Å². The Morgan fingerprint density at radius 1 is 1.40 bits per heavy atom. The average molecular weight is 286 g/mol. The summed E-state index contributed by atoms with van der Waals surface area (Å²) in [4.78, 5) is 13.3. The highest BCUT2D eigenvalue weighted by molar-refractivity contribution is 5.80. The highest BCUT2D eigenvalue weighted by Crippen LogP contribution is 2.26. The van der Waals surface area contributed by atoms with Crippen LogP contribution in [0.5, 0.6) is 0 Å². The maximum Gasteiger partial charge on any atom is 0.389 e. The normalized spacial score (nSPS) is 19.7. The second-order valence-corrected chi connectivity index (χ2v) is 5.00. The van der Waals surface area contributed by atoms with Crippen molar-refractivity contribution in [3.63, 3.8) is 0 Å². The van der Waals surface area contributed by atoms with E-state index in [0.717, 1.165) is 11.1 Å². The van der Waals surface area contributed by atoms with Crippen LogP contribution in [0, 0.1) is 6.92 Å². The van der Waals surface area contributed by atoms with Gasteiger partial charge in [-0.3, -0.25) is 10.1 Å². The molecule has 6 heteroatoms. The van der Waals surface area contributed by atoms with E-state index < -0.39 is 12.6 Å². The fraction of sp³-hybridized carbons (Fsp3) is 0.500. The average Bonchev–Trinajstić information content (AvgIpc) is 2.70. The first-order valence-electron chi connectivity index (χ1n) is 6.53. The Morgan fingerprint density at radius 2 is 2.15 bits per heavy atom. The summed E-state index contributed by atoms with van der Waals surface area (Å²) in [5, 5.41) is 3.04. The number of nitrogens with one attached hydrogen (secondary N) is 1. The molecule has 0 bridgehead atoms. The van der Waals surface area contributed by atoms with Crippen molar-refractivity contribution in [2.24, 2.45) is 0 Å². The zero-order valence-corrected chi connectivity index (χ0v) is 11.2. The fourth-order valence-electron chi connectivity index (χ4n) is 2.38. The van der Waals surface area contributed by atoms with Crippen LogP contribution < -0.4 is 5.32 Å². The first kappa shape index (κ1) is 14.8. The molecule has 1 aromatic carbocycles. The number of carbonyl (C=O) groups excluding carboxylic acids is 1. The number of aryl methyl sites for hydroxylation is 1. The van der Waals surface area contributed by atoms with Gasteiger partial charge in [0.05, 0.1) is 6.54 Å². The smallest absolute Gasteiger partial charge is 0.322 e. The molecule has 0 saturated carbocycles. The molecule has 1 N–H and O–H groups in total. The number of hydrogen-bond donors (Lipinski definition) is 1. The summed E-state index contributed by atoms with van der Waals surface area (Å²) in [6.07, 6.45) is -5.43. The largest absolute Gasteiger partial charge is 0.389 e. The molecule has 1 unspecified atom stereocenters. The maximum absolute atomic E-state index is 12.2. The number of rotatable bonds is 4. The van der Waals surface area contributed by atoms with Gasteiger partial charge in [-0.2, -0.15) is 13.2 Å². The highest BCUT2D eigenvalue weighted by Gasteiger charge is 2.33. The van der Waals surface area contributed by atoms with Gasteiger partial charge in [-0.1, -0.05) is 29.8 Å². The summed E-state index contributed by atoms with van der Waals surface area (Å²) in [6.45, 7) is 2.23. The highest BCUT2D eigenvalue weighted by atomic mass is 19.4. The predicted octanol–water partition coefficient (Wildman–Crippen LogP) is 2.77. The molecule has 1 amide bonds. The molecule has 1 atom stereocenters. The number of benzene rings is 1. The van der Waals surface area contributed by atoms with Gasteiger partial charge >= 0.3 is 6.18 Å². The second-order valence-electron chi connectivity index (χ2n) is 5.00. The van der Waals surface area contributed by atoms with Gasteiger partial charge in [-0.25, -0.2) is 0 Å². The Kier molecular flexibility index (Phi) is 4.32. The SMILES string of the molecule is Cc1cccc(C2NCC(=O)N2CCCC(F)(F)F)c1. The lowest BCUT2D eigenvalue weighted by molar-refractivity contribution is -0.139. The standard InChI is InChI=1S/C14H17F3N2O/c1-10-4-2-5-11(8-10)13-18-9-12(20)19(13)7-3-6-14(15,16)17/h2,4-5,8,13,18H,3,6-7,9H2,1H3. The first-order chi connectivity index (χ1) is 9.37. The van der Waals surface area contributed by atoms with E-state index in [0.29, 0.717) is 0 Å². The summed E-state index contributed by atoms with van der Waals surface area (Å²) in [5.74, 6) is -0.154. The third kappa shape index (κ3) is 3.72. The molecule has 110 valence electrons. The Labute approximate surface area is 115 Å². The van der Waals surface area contributed by atoms with Crippen LogP contribution in [0.3, 0.4) is 0 Å². The third-order valence-corrected chi connectivity index (χ3v) is 3.30. The van der Waals surface area contributed by atoms with Gasteiger partial charge < -0.3 is 4.90 Å². The molecule has 1 aliphatic rings. The van der Waals surface area contributed by atoms with Crippen LogP contribution in [-0.2, 0) is 4.79 Å². The molecule has 20 heavy (non-hydrogen) atoms. The van der Waals surface area contributed by atoms with E-state index in [1.165, 1.54) is 4.90 Å². The lowest BCUT2D eigenvalue weighted by Gasteiger charge is -2.25. The van der Waals surface area contributed by atoms with Crippen molar-refractivity contribution in [2.75, 3.05) is 13.1 Å². The van der Waals surface area contributed by atoms with Crippen molar-refractivity contribution in [1.29, 1.82) is 0 Å². The minimum absolute atomic E-state index is 0.0702. The number of nitrogens with zero attached hydrogens (tertiary/aromatic N) is 1. The zero-order valence-electron chi connectivity index (χ0n) is 11.2. The van der Waals surface area contributed by atoms with Gasteiger partial charge in [0, 0.05) is 13.0 Å². The molecule has 1 heterocycles. The number of amides is 1. The quantitative estimate of drug-likeness (QED) is 0.923. The predicted molar refractivity (Wildman–Crippen MR) is 68.9 cm³/mol. The summed E-state index contributed by atoms with van der Waals surface area (Å²) < 4.78 is 36.5. The third-order valence-electron chi connectivity index (χ3n) is 3.30.